The van der Waals surface area contributed by atoms with Crippen LogP contribution in [-0.4, -0.2) is 46.8 Å². The molecule has 8 heteroatoms. The Labute approximate surface area is 134 Å². The number of ether oxygens (including phenoxy) is 1. The Morgan fingerprint density at radius 2 is 2.17 bits per heavy atom. The van der Waals surface area contributed by atoms with E-state index in [1.165, 1.54) is 0 Å². The van der Waals surface area contributed by atoms with Gasteiger partial charge in [-0.25, -0.2) is 4.79 Å². The number of nitrogens with one attached hydrogen (secondary N) is 1. The molecule has 0 aliphatic heterocycles. The molecule has 0 aliphatic carbocycles. The van der Waals surface area contributed by atoms with E-state index in [1.54, 1.807) is 31.5 Å². The molecule has 0 saturated heterocycles. The van der Waals surface area contributed by atoms with E-state index in [0.29, 0.717) is 24.7 Å². The predicted molar refractivity (Wildman–Crippen MR) is 82.5 cm³/mol. The van der Waals surface area contributed by atoms with Crippen LogP contribution in [0.4, 0.5) is 4.79 Å². The average molecular weight is 319 g/mol. The van der Waals surface area contributed by atoms with E-state index in [2.05, 4.69) is 20.4 Å². The van der Waals surface area contributed by atoms with Crippen molar-refractivity contribution in [3.8, 4) is 0 Å². The SMILES string of the molecule is COCCc1noc(CNC(=O)N(C)[C@@H](C)c2ccncc2)n1. The molecule has 2 aromatic rings. The van der Waals surface area contributed by atoms with Crippen molar-refractivity contribution in [2.75, 3.05) is 20.8 Å². The van der Waals surface area contributed by atoms with Gasteiger partial charge in [0.2, 0.25) is 5.89 Å². The number of nitrogens with zero attached hydrogens (tertiary/aromatic N) is 4. The van der Waals surface area contributed by atoms with Gasteiger partial charge in [-0.15, -0.1) is 0 Å². The van der Waals surface area contributed by atoms with E-state index in [0.717, 1.165) is 5.56 Å². The number of pyridine rings is 1. The highest BCUT2D eigenvalue weighted by Gasteiger charge is 2.17. The van der Waals surface area contributed by atoms with Crippen molar-refractivity contribution >= 4 is 6.03 Å². The first-order valence-corrected chi connectivity index (χ1v) is 7.32. The van der Waals surface area contributed by atoms with Crippen LogP contribution in [0, 0.1) is 0 Å². The van der Waals surface area contributed by atoms with Gasteiger partial charge in [-0.05, 0) is 24.6 Å². The maximum Gasteiger partial charge on any atom is 0.318 e. The molecule has 0 aliphatic rings. The van der Waals surface area contributed by atoms with Gasteiger partial charge < -0.3 is 19.5 Å². The van der Waals surface area contributed by atoms with Crippen molar-refractivity contribution in [2.24, 2.45) is 0 Å². The number of aromatic nitrogens is 3. The van der Waals surface area contributed by atoms with Crippen LogP contribution >= 0.6 is 0 Å². The average Bonchev–Trinajstić information content (AvgIpc) is 3.05. The summed E-state index contributed by atoms with van der Waals surface area (Å²) in [5.41, 5.74) is 1.01. The molecule has 2 amide bonds. The maximum atomic E-state index is 12.2. The highest BCUT2D eigenvalue weighted by molar-refractivity contribution is 5.74. The monoisotopic (exact) mass is 319 g/mol. The third kappa shape index (κ3) is 4.75. The molecule has 0 saturated carbocycles. The highest BCUT2D eigenvalue weighted by atomic mass is 16.5. The first kappa shape index (κ1) is 16.9. The molecule has 0 unspecified atom stereocenters. The molecule has 124 valence electrons. The van der Waals surface area contributed by atoms with Crippen LogP contribution in [-0.2, 0) is 17.7 Å². The van der Waals surface area contributed by atoms with Crippen LogP contribution in [0.1, 0.15) is 30.2 Å². The van der Waals surface area contributed by atoms with Gasteiger partial charge in [-0.1, -0.05) is 5.16 Å². The quantitative estimate of drug-likeness (QED) is 0.832. The molecular formula is C15H21N5O3. The summed E-state index contributed by atoms with van der Waals surface area (Å²) >= 11 is 0. The van der Waals surface area contributed by atoms with Gasteiger partial charge in [0.25, 0.3) is 0 Å². The lowest BCUT2D eigenvalue weighted by Crippen LogP contribution is -2.38. The van der Waals surface area contributed by atoms with Crippen LogP contribution in [0.2, 0.25) is 0 Å². The van der Waals surface area contributed by atoms with E-state index in [4.69, 9.17) is 9.26 Å². The van der Waals surface area contributed by atoms with Crippen LogP contribution in [0.5, 0.6) is 0 Å². The Morgan fingerprint density at radius 1 is 1.43 bits per heavy atom. The molecule has 2 aromatic heterocycles. The van der Waals surface area contributed by atoms with Crippen molar-refractivity contribution in [3.05, 3.63) is 41.8 Å². The van der Waals surface area contributed by atoms with Gasteiger partial charge in [0.15, 0.2) is 5.82 Å². The normalized spacial score (nSPS) is 12.0. The molecule has 0 bridgehead atoms. The highest BCUT2D eigenvalue weighted by Crippen LogP contribution is 2.17. The lowest BCUT2D eigenvalue weighted by Gasteiger charge is -2.25. The summed E-state index contributed by atoms with van der Waals surface area (Å²) in [6, 6.07) is 3.48. The molecule has 8 nitrogen and oxygen atoms in total. The number of methoxy groups -OCH3 is 1. The molecular weight excluding hydrogens is 298 g/mol. The van der Waals surface area contributed by atoms with E-state index in [9.17, 15) is 4.79 Å². The number of rotatable bonds is 7. The zero-order valence-electron chi connectivity index (χ0n) is 13.5. The fourth-order valence-electron chi connectivity index (χ4n) is 1.97. The third-order valence-electron chi connectivity index (χ3n) is 3.52. The minimum absolute atomic E-state index is 0.0713. The molecule has 1 atom stereocenters. The molecule has 23 heavy (non-hydrogen) atoms. The summed E-state index contributed by atoms with van der Waals surface area (Å²) in [5, 5.41) is 6.58. The van der Waals surface area contributed by atoms with Gasteiger partial charge >= 0.3 is 6.03 Å². The van der Waals surface area contributed by atoms with Gasteiger partial charge in [0, 0.05) is 33.0 Å². The van der Waals surface area contributed by atoms with Crippen molar-refractivity contribution in [1.29, 1.82) is 0 Å². The molecule has 0 spiro atoms. The number of carbonyl (C=O) groups excluding carboxylic acids is 1. The Balaban J connectivity index is 1.85. The topological polar surface area (TPSA) is 93.4 Å². The first-order valence-electron chi connectivity index (χ1n) is 7.32. The summed E-state index contributed by atoms with van der Waals surface area (Å²) in [7, 11) is 3.35. The zero-order chi connectivity index (χ0) is 16.7. The number of hydrogen-bond donors (Lipinski definition) is 1. The third-order valence-corrected chi connectivity index (χ3v) is 3.52. The van der Waals surface area contributed by atoms with Crippen molar-refractivity contribution < 1.29 is 14.1 Å². The lowest BCUT2D eigenvalue weighted by molar-refractivity contribution is 0.192. The van der Waals surface area contributed by atoms with Gasteiger partial charge in [0.1, 0.15) is 0 Å². The van der Waals surface area contributed by atoms with Gasteiger partial charge in [0.05, 0.1) is 19.2 Å². The second-order valence-electron chi connectivity index (χ2n) is 5.07. The van der Waals surface area contributed by atoms with Crippen molar-refractivity contribution in [3.63, 3.8) is 0 Å². The Kier molecular flexibility index (Phi) is 6.04. The second kappa shape index (κ2) is 8.23. The van der Waals surface area contributed by atoms with Gasteiger partial charge in [-0.3, -0.25) is 4.98 Å². The van der Waals surface area contributed by atoms with E-state index < -0.39 is 0 Å². The predicted octanol–water partition coefficient (Wildman–Crippen LogP) is 1.56. The molecule has 2 heterocycles. The lowest BCUT2D eigenvalue weighted by atomic mass is 10.1. The van der Waals surface area contributed by atoms with Crippen molar-refractivity contribution in [1.82, 2.24) is 25.3 Å². The van der Waals surface area contributed by atoms with Gasteiger partial charge in [-0.2, -0.15) is 4.98 Å². The Hall–Kier alpha value is -2.48. The number of urea groups is 1. The van der Waals surface area contributed by atoms with Crippen LogP contribution in [0.3, 0.4) is 0 Å². The summed E-state index contributed by atoms with van der Waals surface area (Å²) in [5.74, 6) is 0.934. The fraction of sp³-hybridized carbons (Fsp3) is 0.467. The molecule has 2 rings (SSSR count). The maximum absolute atomic E-state index is 12.2. The Morgan fingerprint density at radius 3 is 2.87 bits per heavy atom. The van der Waals surface area contributed by atoms with Crippen LogP contribution in [0.15, 0.2) is 29.0 Å². The second-order valence-corrected chi connectivity index (χ2v) is 5.07. The molecule has 0 fully saturated rings. The van der Waals surface area contributed by atoms with E-state index >= 15 is 0 Å². The number of amides is 2. The minimum Gasteiger partial charge on any atom is -0.384 e. The van der Waals surface area contributed by atoms with Crippen LogP contribution in [0.25, 0.3) is 0 Å². The zero-order valence-corrected chi connectivity index (χ0v) is 13.5. The smallest absolute Gasteiger partial charge is 0.318 e. The molecule has 1 N–H and O–H groups in total. The largest absolute Gasteiger partial charge is 0.384 e. The van der Waals surface area contributed by atoms with E-state index in [-0.39, 0.29) is 18.6 Å². The number of hydrogen-bond acceptors (Lipinski definition) is 6. The molecule has 0 aromatic carbocycles. The Bertz CT molecular complexity index is 617. The number of carbonyl (C=O) groups is 1. The first-order chi connectivity index (χ1) is 11.1. The van der Waals surface area contributed by atoms with E-state index in [1.807, 2.05) is 19.1 Å². The summed E-state index contributed by atoms with van der Waals surface area (Å²) in [6.07, 6.45) is 3.99. The summed E-state index contributed by atoms with van der Waals surface area (Å²) < 4.78 is 10.0. The summed E-state index contributed by atoms with van der Waals surface area (Å²) in [4.78, 5) is 22.0. The van der Waals surface area contributed by atoms with Crippen molar-refractivity contribution in [2.45, 2.75) is 25.9 Å². The summed E-state index contributed by atoms with van der Waals surface area (Å²) in [6.45, 7) is 2.66. The minimum atomic E-state index is -0.217. The van der Waals surface area contributed by atoms with Crippen LogP contribution < -0.4 is 5.32 Å². The standard InChI is InChI=1S/C15H21N5O3/c1-11(12-4-7-16-8-5-12)20(2)15(21)17-10-14-18-13(19-23-14)6-9-22-3/h4-5,7-8,11H,6,9-10H2,1-3H3,(H,17,21)/t11-/m0/s1. The fourth-order valence-corrected chi connectivity index (χ4v) is 1.97. The molecule has 0 radical (unpaired) electrons.